The average molecular weight is 1130 g/mol. The van der Waals surface area contributed by atoms with Crippen molar-refractivity contribution in [3.63, 3.8) is 0 Å². The topological polar surface area (TPSA) is 264 Å². The molecule has 11 aromatic rings. The van der Waals surface area contributed by atoms with E-state index >= 15 is 0 Å². The van der Waals surface area contributed by atoms with E-state index in [9.17, 15) is 14.4 Å². The van der Waals surface area contributed by atoms with Crippen molar-refractivity contribution in [1.29, 1.82) is 0 Å². The van der Waals surface area contributed by atoms with Crippen LogP contribution >= 0.6 is 0 Å². The monoisotopic (exact) mass is 1130 g/mol. The summed E-state index contributed by atoms with van der Waals surface area (Å²) in [5.41, 5.74) is 12.0. The SMILES string of the molecule is N[C@@H]1COc2ccccc2-n2ccnc21.O=C(N[C@@H]1COc2ccccc2-n2ccnc21)OCc1ccccc1.O=C(N[C@@H]1COc2ccccc2-n2ccnc21)c1cc(Cc2ccccc2)on1.O=C(O)c1cc(Cc2ccccc2)on1. The number of aromatic nitrogens is 8. The number of hydrogen-bond donors (Lipinski definition) is 4. The highest BCUT2D eigenvalue weighted by Crippen LogP contribution is 2.32. The average Bonchev–Trinajstić information content (AvgIpc) is 4.55. The predicted octanol–water partition coefficient (Wildman–Crippen LogP) is 9.77. The first kappa shape index (κ1) is 54.9. The third-order valence-corrected chi connectivity index (χ3v) is 13.4. The van der Waals surface area contributed by atoms with Gasteiger partial charge in [-0.15, -0.1) is 0 Å². The quantitative estimate of drug-likeness (QED) is 0.0992. The first-order valence-corrected chi connectivity index (χ1v) is 26.7. The second-order valence-corrected chi connectivity index (χ2v) is 19.2. The summed E-state index contributed by atoms with van der Waals surface area (Å²) in [6.45, 7) is 1.24. The molecule has 3 atom stereocenters. The largest absolute Gasteiger partial charge is 0.489 e. The molecule has 21 nitrogen and oxygen atoms in total. The van der Waals surface area contributed by atoms with Crippen molar-refractivity contribution >= 4 is 18.0 Å². The molecule has 0 fully saturated rings. The van der Waals surface area contributed by atoms with Gasteiger partial charge in [0.1, 0.15) is 84.8 Å². The summed E-state index contributed by atoms with van der Waals surface area (Å²) < 4.78 is 38.7. The number of benzene rings is 6. The Morgan fingerprint density at radius 1 is 0.512 bits per heavy atom. The molecule has 21 heteroatoms. The molecule has 0 aliphatic carbocycles. The van der Waals surface area contributed by atoms with Gasteiger partial charge in [0.05, 0.1) is 23.1 Å². The zero-order valence-corrected chi connectivity index (χ0v) is 45.0. The molecule has 5 N–H and O–H groups in total. The number of alkyl carbamates (subject to hydrolysis) is 1. The molecule has 0 unspecified atom stereocenters. The van der Waals surface area contributed by atoms with Crippen molar-refractivity contribution in [2.75, 3.05) is 19.8 Å². The van der Waals surface area contributed by atoms with Crippen LogP contribution in [0.1, 0.15) is 84.8 Å². The number of imidazole rings is 3. The summed E-state index contributed by atoms with van der Waals surface area (Å²) in [7, 11) is 0. The molecule has 0 radical (unpaired) electrons. The Hall–Kier alpha value is -11.1. The molecule has 0 bridgehead atoms. The maximum absolute atomic E-state index is 12.8. The molecule has 0 saturated heterocycles. The lowest BCUT2D eigenvalue weighted by atomic mass is 10.1. The van der Waals surface area contributed by atoms with E-state index in [4.69, 9.17) is 38.8 Å². The molecule has 3 aliphatic rings. The number of aromatic carboxylic acids is 1. The van der Waals surface area contributed by atoms with Crippen molar-refractivity contribution < 1.29 is 47.5 Å². The smallest absolute Gasteiger partial charge is 0.408 e. The van der Waals surface area contributed by atoms with E-state index < -0.39 is 24.1 Å². The molecular weight excluding hydrogens is 1070 g/mol. The number of ether oxygens (including phenoxy) is 4. The van der Waals surface area contributed by atoms with Crippen molar-refractivity contribution in [1.82, 2.24) is 49.6 Å². The minimum atomic E-state index is -1.07. The van der Waals surface area contributed by atoms with Crippen LogP contribution in [0.4, 0.5) is 4.79 Å². The third-order valence-electron chi connectivity index (χ3n) is 13.4. The van der Waals surface area contributed by atoms with Gasteiger partial charge in [-0.3, -0.25) is 18.5 Å². The van der Waals surface area contributed by atoms with E-state index in [0.29, 0.717) is 42.6 Å². The highest BCUT2D eigenvalue weighted by atomic mass is 16.5. The fourth-order valence-electron chi connectivity index (χ4n) is 9.38. The summed E-state index contributed by atoms with van der Waals surface area (Å²) in [6.07, 6.45) is 11.4. The Kier molecular flexibility index (Phi) is 17.0. The number of hydrogen-bond acceptors (Lipinski definition) is 15. The number of nitrogens with zero attached hydrogens (tertiary/aromatic N) is 8. The van der Waals surface area contributed by atoms with Crippen LogP contribution in [0.2, 0.25) is 0 Å². The number of carboxylic acid groups (broad SMARTS) is 1. The number of carbonyl (C=O) groups excluding carboxylic acids is 2. The van der Waals surface area contributed by atoms with E-state index in [1.54, 1.807) is 24.7 Å². The van der Waals surface area contributed by atoms with Crippen LogP contribution in [0.15, 0.2) is 222 Å². The lowest BCUT2D eigenvalue weighted by Crippen LogP contribution is -2.33. The minimum absolute atomic E-state index is 0.0547. The molecule has 8 heterocycles. The van der Waals surface area contributed by atoms with E-state index in [2.05, 4.69) is 35.9 Å². The number of fused-ring (bicyclic) bond motifs is 9. The molecule has 422 valence electrons. The van der Waals surface area contributed by atoms with Gasteiger partial charge in [-0.1, -0.05) is 138 Å². The summed E-state index contributed by atoms with van der Waals surface area (Å²) in [4.78, 5) is 48.6. The Balaban J connectivity index is 0.000000122. The zero-order chi connectivity index (χ0) is 57.6. The summed E-state index contributed by atoms with van der Waals surface area (Å²) >= 11 is 0. The van der Waals surface area contributed by atoms with Gasteiger partial charge in [0.2, 0.25) is 0 Å². The van der Waals surface area contributed by atoms with Crippen LogP contribution in [0, 0.1) is 0 Å². The Labute approximate surface area is 480 Å². The lowest BCUT2D eigenvalue weighted by molar-refractivity contribution is 0.0685. The molecule has 6 aromatic carbocycles. The van der Waals surface area contributed by atoms with E-state index in [1.165, 1.54) is 6.07 Å². The Morgan fingerprint density at radius 2 is 0.917 bits per heavy atom. The van der Waals surface area contributed by atoms with Gasteiger partial charge in [-0.05, 0) is 53.1 Å². The number of amides is 2. The van der Waals surface area contributed by atoms with E-state index in [1.807, 2.05) is 196 Å². The number of carbonyl (C=O) groups is 3. The first-order chi connectivity index (χ1) is 41.2. The molecule has 3 aliphatic heterocycles. The zero-order valence-electron chi connectivity index (χ0n) is 45.0. The first-order valence-electron chi connectivity index (χ1n) is 26.7. The van der Waals surface area contributed by atoms with Crippen molar-refractivity contribution in [2.24, 2.45) is 5.73 Å². The van der Waals surface area contributed by atoms with Crippen LogP contribution in [0.5, 0.6) is 17.2 Å². The van der Waals surface area contributed by atoms with Crippen LogP contribution in [-0.2, 0) is 24.2 Å². The molecule has 2 amide bonds. The molecule has 84 heavy (non-hydrogen) atoms. The number of nitrogens with two attached hydrogens (primary N) is 1. The van der Waals surface area contributed by atoms with Crippen molar-refractivity contribution in [3.05, 3.63) is 270 Å². The van der Waals surface area contributed by atoms with E-state index in [-0.39, 0.29) is 43.2 Å². The number of para-hydroxylation sites is 6. The highest BCUT2D eigenvalue weighted by molar-refractivity contribution is 5.92. The standard InChI is InChI=1S/C22H18N4O3.C19H17N3O3.C11H11N3O.C11H9NO3/c27-22(17-13-16(29-25-17)12-15-6-2-1-3-7-15)24-18-14-28-20-9-5-4-8-19(20)26-11-10-23-21(18)26;23-19(25-12-14-6-2-1-3-7-14)21-15-13-24-17-9-5-4-8-16(17)22-11-10-20-18(15)22;12-8-7-15-10-4-2-1-3-9(10)14-6-5-13-11(8)14;13-11(14)10-7-9(15-12-10)6-8-4-2-1-3-5-8/h1-11,13,18H,12,14H2,(H,24,27);1-11,15H,12-13H2,(H,21,23);1-6,8H,7,12H2;1-5,7H,6H2,(H,13,14)/t18-;15-;8-;/m111./s1. The molecule has 0 spiro atoms. The van der Waals surface area contributed by atoms with Gasteiger partial charge in [0.25, 0.3) is 5.91 Å². The lowest BCUT2D eigenvalue weighted by Gasteiger charge is -2.16. The fourth-order valence-corrected chi connectivity index (χ4v) is 9.38. The van der Waals surface area contributed by atoms with Crippen LogP contribution in [0.25, 0.3) is 17.1 Å². The fraction of sp³-hybridized carbons (Fsp3) is 0.143. The second kappa shape index (κ2) is 26.0. The predicted molar refractivity (Wildman–Crippen MR) is 305 cm³/mol. The second-order valence-electron chi connectivity index (χ2n) is 19.2. The molecule has 5 aromatic heterocycles. The Bertz CT molecular complexity index is 3970. The third kappa shape index (κ3) is 13.2. The van der Waals surface area contributed by atoms with Gasteiger partial charge in [0.15, 0.2) is 11.4 Å². The number of carboxylic acids is 1. The van der Waals surface area contributed by atoms with E-state index in [0.717, 1.165) is 56.8 Å². The van der Waals surface area contributed by atoms with Gasteiger partial charge in [-0.25, -0.2) is 24.5 Å². The van der Waals surface area contributed by atoms with Gasteiger partial charge in [0, 0.05) is 62.2 Å². The van der Waals surface area contributed by atoms with Crippen LogP contribution < -0.4 is 30.6 Å². The normalized spacial score (nSPS) is 14.8. The minimum Gasteiger partial charge on any atom is -0.489 e. The summed E-state index contributed by atoms with van der Waals surface area (Å²) in [5.74, 6) is 4.40. The molecular formula is C63H55N11O10. The van der Waals surface area contributed by atoms with Gasteiger partial charge in [-0.2, -0.15) is 0 Å². The van der Waals surface area contributed by atoms with Crippen molar-refractivity contribution in [3.8, 4) is 34.3 Å². The number of rotatable bonds is 10. The van der Waals surface area contributed by atoms with Crippen LogP contribution in [0.3, 0.4) is 0 Å². The number of nitrogens with one attached hydrogen (secondary N) is 2. The maximum Gasteiger partial charge on any atom is 0.408 e. The summed E-state index contributed by atoms with van der Waals surface area (Å²) in [6, 6.07) is 54.5. The Morgan fingerprint density at radius 3 is 1.40 bits per heavy atom. The van der Waals surface area contributed by atoms with Gasteiger partial charge < -0.3 is 49.5 Å². The van der Waals surface area contributed by atoms with Gasteiger partial charge >= 0.3 is 12.1 Å². The summed E-state index contributed by atoms with van der Waals surface area (Å²) in [5, 5.41) is 21.8. The maximum atomic E-state index is 12.8. The molecule has 14 rings (SSSR count). The molecule has 0 saturated carbocycles. The highest BCUT2D eigenvalue weighted by Gasteiger charge is 2.29. The van der Waals surface area contributed by atoms with Crippen LogP contribution in [-0.4, -0.2) is 81.9 Å². The van der Waals surface area contributed by atoms with Crippen molar-refractivity contribution in [2.45, 2.75) is 37.6 Å².